The SMILES string of the molecule is O=C(c1ccc(Cl)c(Cl)c1)N1CCC(F)(CCCCOc2ccccc2)CC1. The third-order valence-corrected chi connectivity index (χ3v) is 5.88. The van der Waals surface area contributed by atoms with Gasteiger partial charge in [-0.05, 0) is 62.4 Å². The minimum Gasteiger partial charge on any atom is -0.494 e. The maximum absolute atomic E-state index is 15.1. The van der Waals surface area contributed by atoms with Gasteiger partial charge in [0.2, 0.25) is 0 Å². The zero-order valence-corrected chi connectivity index (χ0v) is 17.2. The number of unbranched alkanes of at least 4 members (excludes halogenated alkanes) is 1. The van der Waals surface area contributed by atoms with Crippen LogP contribution in [-0.4, -0.2) is 36.2 Å². The molecule has 2 aromatic rings. The fourth-order valence-electron chi connectivity index (χ4n) is 3.42. The summed E-state index contributed by atoms with van der Waals surface area (Å²) in [6, 6.07) is 14.5. The maximum Gasteiger partial charge on any atom is 0.253 e. The molecule has 3 rings (SSSR count). The number of carbonyl (C=O) groups excluding carboxylic acids is 1. The van der Waals surface area contributed by atoms with Gasteiger partial charge in [-0.2, -0.15) is 0 Å². The van der Waals surface area contributed by atoms with Crippen LogP contribution in [0.2, 0.25) is 10.0 Å². The van der Waals surface area contributed by atoms with Gasteiger partial charge in [0, 0.05) is 18.7 Å². The molecule has 150 valence electrons. The molecule has 1 heterocycles. The molecule has 3 nitrogen and oxygen atoms in total. The van der Waals surface area contributed by atoms with Crippen molar-refractivity contribution in [3.63, 3.8) is 0 Å². The van der Waals surface area contributed by atoms with Gasteiger partial charge in [-0.25, -0.2) is 4.39 Å². The number of amides is 1. The van der Waals surface area contributed by atoms with Crippen molar-refractivity contribution >= 4 is 29.1 Å². The van der Waals surface area contributed by atoms with E-state index >= 15 is 4.39 Å². The Morgan fingerprint density at radius 2 is 1.75 bits per heavy atom. The monoisotopic (exact) mass is 423 g/mol. The van der Waals surface area contributed by atoms with Crippen LogP contribution >= 0.6 is 23.2 Å². The largest absolute Gasteiger partial charge is 0.494 e. The third kappa shape index (κ3) is 5.62. The van der Waals surface area contributed by atoms with E-state index in [1.54, 1.807) is 23.1 Å². The highest BCUT2D eigenvalue weighted by Crippen LogP contribution is 2.32. The molecule has 1 fully saturated rings. The van der Waals surface area contributed by atoms with Crippen LogP contribution in [0.1, 0.15) is 42.5 Å². The molecule has 0 saturated carbocycles. The Morgan fingerprint density at radius 1 is 1.04 bits per heavy atom. The summed E-state index contributed by atoms with van der Waals surface area (Å²) in [5, 5.41) is 0.762. The molecule has 1 saturated heterocycles. The topological polar surface area (TPSA) is 29.5 Å². The van der Waals surface area contributed by atoms with E-state index in [9.17, 15) is 4.79 Å². The summed E-state index contributed by atoms with van der Waals surface area (Å²) in [6.07, 6.45) is 2.80. The number of halogens is 3. The summed E-state index contributed by atoms with van der Waals surface area (Å²) in [5.74, 6) is 0.712. The van der Waals surface area contributed by atoms with Gasteiger partial charge in [0.25, 0.3) is 5.91 Å². The molecule has 0 aliphatic carbocycles. The van der Waals surface area contributed by atoms with E-state index in [2.05, 4.69) is 0 Å². The predicted molar refractivity (Wildman–Crippen MR) is 111 cm³/mol. The summed E-state index contributed by atoms with van der Waals surface area (Å²) >= 11 is 11.9. The lowest BCUT2D eigenvalue weighted by atomic mass is 9.88. The van der Waals surface area contributed by atoms with Crippen LogP contribution in [0.3, 0.4) is 0 Å². The molecule has 0 radical (unpaired) electrons. The number of nitrogens with zero attached hydrogens (tertiary/aromatic N) is 1. The average molecular weight is 424 g/mol. The Labute approximate surface area is 175 Å². The van der Waals surface area contributed by atoms with Gasteiger partial charge in [0.05, 0.1) is 16.7 Å². The Balaban J connectivity index is 1.40. The number of benzene rings is 2. The third-order valence-electron chi connectivity index (χ3n) is 5.14. The summed E-state index contributed by atoms with van der Waals surface area (Å²) in [6.45, 7) is 1.41. The van der Waals surface area contributed by atoms with E-state index in [0.29, 0.717) is 54.6 Å². The standard InChI is InChI=1S/C22H24Cl2FNO2/c23-19-9-8-17(16-20(19)24)21(27)26-13-11-22(25,12-14-26)10-4-5-15-28-18-6-2-1-3-7-18/h1-3,6-9,16H,4-5,10-15H2. The number of ether oxygens (including phenoxy) is 1. The molecule has 1 amide bonds. The quantitative estimate of drug-likeness (QED) is 0.497. The summed E-state index contributed by atoms with van der Waals surface area (Å²) in [7, 11) is 0. The molecule has 0 unspecified atom stereocenters. The van der Waals surface area contributed by atoms with Gasteiger partial charge in [-0.1, -0.05) is 41.4 Å². The average Bonchev–Trinajstić information content (AvgIpc) is 2.71. The van der Waals surface area contributed by atoms with Crippen LogP contribution in [0.5, 0.6) is 5.75 Å². The first-order valence-corrected chi connectivity index (χ1v) is 10.3. The zero-order chi connectivity index (χ0) is 20.0. The number of alkyl halides is 1. The lowest BCUT2D eigenvalue weighted by Gasteiger charge is -2.36. The highest BCUT2D eigenvalue weighted by Gasteiger charge is 2.35. The molecule has 6 heteroatoms. The summed E-state index contributed by atoms with van der Waals surface area (Å²) < 4.78 is 20.7. The Bertz CT molecular complexity index is 792. The first-order valence-electron chi connectivity index (χ1n) is 9.58. The van der Waals surface area contributed by atoms with Crippen molar-refractivity contribution in [2.75, 3.05) is 19.7 Å². The number of hydrogen-bond acceptors (Lipinski definition) is 2. The van der Waals surface area contributed by atoms with E-state index < -0.39 is 5.67 Å². The Morgan fingerprint density at radius 3 is 2.43 bits per heavy atom. The fraction of sp³-hybridized carbons (Fsp3) is 0.409. The van der Waals surface area contributed by atoms with E-state index in [1.807, 2.05) is 30.3 Å². The van der Waals surface area contributed by atoms with Crippen LogP contribution < -0.4 is 4.74 Å². The smallest absolute Gasteiger partial charge is 0.253 e. The van der Waals surface area contributed by atoms with E-state index in [4.69, 9.17) is 27.9 Å². The predicted octanol–water partition coefficient (Wildman–Crippen LogP) is 6.19. The lowest BCUT2D eigenvalue weighted by Crippen LogP contribution is -2.44. The zero-order valence-electron chi connectivity index (χ0n) is 15.7. The molecule has 2 aromatic carbocycles. The molecular formula is C22H24Cl2FNO2. The van der Waals surface area contributed by atoms with Crippen molar-refractivity contribution < 1.29 is 13.9 Å². The van der Waals surface area contributed by atoms with Crippen LogP contribution in [0.4, 0.5) is 4.39 Å². The number of hydrogen-bond donors (Lipinski definition) is 0. The first kappa shape index (κ1) is 20.9. The first-order chi connectivity index (χ1) is 13.5. The highest BCUT2D eigenvalue weighted by molar-refractivity contribution is 6.42. The number of rotatable bonds is 7. The second-order valence-electron chi connectivity index (χ2n) is 7.19. The van der Waals surface area contributed by atoms with Crippen molar-refractivity contribution in [1.82, 2.24) is 4.90 Å². The van der Waals surface area contributed by atoms with Gasteiger partial charge in [-0.3, -0.25) is 4.79 Å². The minimum absolute atomic E-state index is 0.128. The van der Waals surface area contributed by atoms with Gasteiger partial charge in [0.1, 0.15) is 11.4 Å². The Hall–Kier alpha value is -1.78. The van der Waals surface area contributed by atoms with Crippen molar-refractivity contribution in [2.45, 2.75) is 37.8 Å². The van der Waals surface area contributed by atoms with Crippen LogP contribution in [-0.2, 0) is 0 Å². The minimum atomic E-state index is -1.21. The van der Waals surface area contributed by atoms with Crippen LogP contribution in [0.25, 0.3) is 0 Å². The highest BCUT2D eigenvalue weighted by atomic mass is 35.5. The number of piperidine rings is 1. The second-order valence-corrected chi connectivity index (χ2v) is 8.01. The van der Waals surface area contributed by atoms with Crippen LogP contribution in [0, 0.1) is 0 Å². The summed E-state index contributed by atoms with van der Waals surface area (Å²) in [4.78, 5) is 14.3. The molecule has 0 atom stereocenters. The molecule has 0 aromatic heterocycles. The molecule has 28 heavy (non-hydrogen) atoms. The molecule has 0 N–H and O–H groups in total. The molecule has 0 bridgehead atoms. The van der Waals surface area contributed by atoms with Crippen molar-refractivity contribution in [3.05, 3.63) is 64.1 Å². The van der Waals surface area contributed by atoms with Crippen LogP contribution in [0.15, 0.2) is 48.5 Å². The van der Waals surface area contributed by atoms with Gasteiger partial charge in [0.15, 0.2) is 0 Å². The normalized spacial score (nSPS) is 16.0. The van der Waals surface area contributed by atoms with Gasteiger partial charge >= 0.3 is 0 Å². The Kier molecular flexibility index (Phi) is 7.19. The lowest BCUT2D eigenvalue weighted by molar-refractivity contribution is 0.0382. The van der Waals surface area contributed by atoms with Crippen molar-refractivity contribution in [3.8, 4) is 5.75 Å². The number of para-hydroxylation sites is 1. The maximum atomic E-state index is 15.1. The van der Waals surface area contributed by atoms with Gasteiger partial charge < -0.3 is 9.64 Å². The fourth-order valence-corrected chi connectivity index (χ4v) is 3.72. The van der Waals surface area contributed by atoms with Crippen molar-refractivity contribution in [1.29, 1.82) is 0 Å². The molecular weight excluding hydrogens is 400 g/mol. The number of likely N-dealkylation sites (tertiary alicyclic amines) is 1. The number of carbonyl (C=O) groups is 1. The molecule has 0 spiro atoms. The van der Waals surface area contributed by atoms with Crippen molar-refractivity contribution in [2.24, 2.45) is 0 Å². The van der Waals surface area contributed by atoms with E-state index in [1.165, 1.54) is 0 Å². The molecule has 1 aliphatic rings. The van der Waals surface area contributed by atoms with E-state index in [0.717, 1.165) is 18.6 Å². The van der Waals surface area contributed by atoms with E-state index in [-0.39, 0.29) is 5.91 Å². The van der Waals surface area contributed by atoms with Gasteiger partial charge in [-0.15, -0.1) is 0 Å². The second kappa shape index (κ2) is 9.62. The summed E-state index contributed by atoms with van der Waals surface area (Å²) in [5.41, 5.74) is -0.722. The molecule has 1 aliphatic heterocycles.